The Morgan fingerprint density at radius 1 is 1.25 bits per heavy atom. The molecule has 0 unspecified atom stereocenters. The van der Waals surface area contributed by atoms with Crippen molar-refractivity contribution in [3.63, 3.8) is 0 Å². The van der Waals surface area contributed by atoms with E-state index in [0.717, 1.165) is 5.56 Å². The molecule has 1 aromatic rings. The number of aldehydes is 1. The van der Waals surface area contributed by atoms with Crippen molar-refractivity contribution in [1.82, 2.24) is 0 Å². The predicted molar refractivity (Wildman–Crippen MR) is 67.4 cm³/mol. The fraction of sp³-hybridized carbons (Fsp3) is 0.308. The first-order chi connectivity index (χ1) is 7.47. The van der Waals surface area contributed by atoms with Gasteiger partial charge < -0.3 is 0 Å². The Bertz CT molecular complexity index is 467. The summed E-state index contributed by atoms with van der Waals surface area (Å²) in [7, 11) is 0. The van der Waals surface area contributed by atoms with Gasteiger partial charge in [0.15, 0.2) is 12.1 Å². The quantitative estimate of drug-likeness (QED) is 0.439. The molecule has 1 rings (SSSR count). The fourth-order valence-corrected chi connectivity index (χ4v) is 2.49. The molecule has 0 aromatic carbocycles. The van der Waals surface area contributed by atoms with Crippen molar-refractivity contribution in [3.05, 3.63) is 38.4 Å². The lowest BCUT2D eigenvalue weighted by atomic mass is 10.1. The van der Waals surface area contributed by atoms with Crippen molar-refractivity contribution in [2.45, 2.75) is 27.7 Å². The maximum absolute atomic E-state index is 12.9. The molecular weight excluding hydrogens is 223 g/mol. The Morgan fingerprint density at radius 2 is 1.88 bits per heavy atom. The van der Waals surface area contributed by atoms with E-state index in [9.17, 15) is 9.18 Å². The summed E-state index contributed by atoms with van der Waals surface area (Å²) in [5, 5.41) is 0. The first kappa shape index (κ1) is 12.8. The highest BCUT2D eigenvalue weighted by atomic mass is 32.1. The molecule has 0 bridgehead atoms. The van der Waals surface area contributed by atoms with E-state index >= 15 is 0 Å². The van der Waals surface area contributed by atoms with Gasteiger partial charge in [0.05, 0.1) is 0 Å². The van der Waals surface area contributed by atoms with Gasteiger partial charge in [-0.3, -0.25) is 4.79 Å². The number of thiophene rings is 1. The summed E-state index contributed by atoms with van der Waals surface area (Å²) in [5.74, 6) is -0.710. The van der Waals surface area contributed by atoms with Crippen LogP contribution in [0.15, 0.2) is 17.5 Å². The molecule has 0 aliphatic rings. The van der Waals surface area contributed by atoms with Gasteiger partial charge in [0.25, 0.3) is 0 Å². The standard InChI is InChI=1S/C13H15FOS/c1-8(13(14)7-15)5-6-12-9(2)10(3)16-11(12)4/h5-7H,1-4H3. The second kappa shape index (κ2) is 5.21. The number of halogens is 1. The number of carbonyl (C=O) groups excluding carboxylic acids is 1. The summed E-state index contributed by atoms with van der Waals surface area (Å²) in [6, 6.07) is 0. The minimum atomic E-state index is -0.710. The molecule has 0 radical (unpaired) electrons. The van der Waals surface area contributed by atoms with E-state index in [4.69, 9.17) is 0 Å². The number of hydrogen-bond donors (Lipinski definition) is 0. The second-order valence-electron chi connectivity index (χ2n) is 3.74. The lowest BCUT2D eigenvalue weighted by Crippen LogP contribution is -1.81. The van der Waals surface area contributed by atoms with Crippen molar-refractivity contribution in [2.75, 3.05) is 0 Å². The average Bonchev–Trinajstić information content (AvgIpc) is 2.49. The third kappa shape index (κ3) is 2.67. The van der Waals surface area contributed by atoms with Crippen LogP contribution < -0.4 is 0 Å². The molecule has 0 saturated carbocycles. The molecule has 0 spiro atoms. The van der Waals surface area contributed by atoms with E-state index in [-0.39, 0.29) is 6.29 Å². The van der Waals surface area contributed by atoms with Crippen LogP contribution in [0.5, 0.6) is 0 Å². The molecule has 3 heteroatoms. The van der Waals surface area contributed by atoms with E-state index < -0.39 is 5.83 Å². The summed E-state index contributed by atoms with van der Waals surface area (Å²) in [4.78, 5) is 12.7. The molecule has 1 nitrogen and oxygen atoms in total. The Kier molecular flexibility index (Phi) is 4.19. The highest BCUT2D eigenvalue weighted by molar-refractivity contribution is 7.12. The van der Waals surface area contributed by atoms with Gasteiger partial charge >= 0.3 is 0 Å². The van der Waals surface area contributed by atoms with Crippen molar-refractivity contribution in [3.8, 4) is 0 Å². The molecule has 1 aromatic heterocycles. The van der Waals surface area contributed by atoms with Crippen LogP contribution in [0.3, 0.4) is 0 Å². The van der Waals surface area contributed by atoms with Crippen molar-refractivity contribution >= 4 is 23.7 Å². The van der Waals surface area contributed by atoms with Gasteiger partial charge in [-0.25, -0.2) is 4.39 Å². The predicted octanol–water partition coefficient (Wildman–Crippen LogP) is 4.13. The third-order valence-corrected chi connectivity index (χ3v) is 3.74. The SMILES string of the molecule is CC(C=Cc1c(C)sc(C)c1C)=C(F)C=O. The van der Waals surface area contributed by atoms with Crippen LogP contribution >= 0.6 is 11.3 Å². The van der Waals surface area contributed by atoms with E-state index in [0.29, 0.717) is 5.57 Å². The highest BCUT2D eigenvalue weighted by Crippen LogP contribution is 2.28. The molecule has 0 aliphatic heterocycles. The first-order valence-electron chi connectivity index (χ1n) is 5.03. The van der Waals surface area contributed by atoms with Crippen LogP contribution in [-0.4, -0.2) is 6.29 Å². The van der Waals surface area contributed by atoms with Crippen molar-refractivity contribution in [1.29, 1.82) is 0 Å². The Balaban J connectivity index is 3.06. The van der Waals surface area contributed by atoms with Gasteiger partial charge in [-0.1, -0.05) is 12.2 Å². The summed E-state index contributed by atoms with van der Waals surface area (Å²) < 4.78 is 12.9. The lowest BCUT2D eigenvalue weighted by molar-refractivity contribution is -0.106. The highest BCUT2D eigenvalue weighted by Gasteiger charge is 2.06. The minimum Gasteiger partial charge on any atom is -0.295 e. The van der Waals surface area contributed by atoms with Gasteiger partial charge in [-0.2, -0.15) is 0 Å². The van der Waals surface area contributed by atoms with Crippen molar-refractivity contribution in [2.24, 2.45) is 0 Å². The topological polar surface area (TPSA) is 17.1 Å². The molecule has 0 saturated heterocycles. The number of hydrogen-bond acceptors (Lipinski definition) is 2. The van der Waals surface area contributed by atoms with Crippen LogP contribution in [0.1, 0.15) is 27.8 Å². The zero-order valence-electron chi connectivity index (χ0n) is 9.93. The van der Waals surface area contributed by atoms with E-state index in [2.05, 4.69) is 6.92 Å². The molecular formula is C13H15FOS. The molecule has 16 heavy (non-hydrogen) atoms. The molecule has 0 atom stereocenters. The molecule has 86 valence electrons. The van der Waals surface area contributed by atoms with Crippen LogP contribution in [0.2, 0.25) is 0 Å². The maximum atomic E-state index is 12.9. The van der Waals surface area contributed by atoms with Crippen LogP contribution in [0.25, 0.3) is 6.08 Å². The molecule has 0 amide bonds. The number of aryl methyl sites for hydroxylation is 2. The van der Waals surface area contributed by atoms with Gasteiger partial charge in [-0.05, 0) is 44.4 Å². The first-order valence-corrected chi connectivity index (χ1v) is 5.85. The summed E-state index contributed by atoms with van der Waals surface area (Å²) >= 11 is 1.73. The number of allylic oxidation sites excluding steroid dienone is 3. The molecule has 1 heterocycles. The monoisotopic (exact) mass is 238 g/mol. The fourth-order valence-electron chi connectivity index (χ4n) is 1.44. The second-order valence-corrected chi connectivity index (χ2v) is 5.16. The van der Waals surface area contributed by atoms with Crippen molar-refractivity contribution < 1.29 is 9.18 Å². The normalized spacial score (nSPS) is 13.1. The molecule has 0 aliphatic carbocycles. The smallest absolute Gasteiger partial charge is 0.178 e. The van der Waals surface area contributed by atoms with E-state index in [1.807, 2.05) is 19.9 Å². The zero-order chi connectivity index (χ0) is 12.3. The van der Waals surface area contributed by atoms with Gasteiger partial charge in [0.2, 0.25) is 0 Å². The Morgan fingerprint density at radius 3 is 2.31 bits per heavy atom. The summed E-state index contributed by atoms with van der Waals surface area (Å²) in [6.45, 7) is 7.75. The average molecular weight is 238 g/mol. The molecule has 0 N–H and O–H groups in total. The van der Waals surface area contributed by atoms with Gasteiger partial charge in [0, 0.05) is 9.75 Å². The molecule has 0 fully saturated rings. The summed E-state index contributed by atoms with van der Waals surface area (Å²) in [5.41, 5.74) is 2.70. The Labute approximate surface area is 99.3 Å². The van der Waals surface area contributed by atoms with Gasteiger partial charge in [0.1, 0.15) is 0 Å². The van der Waals surface area contributed by atoms with Gasteiger partial charge in [-0.15, -0.1) is 11.3 Å². The number of carbonyl (C=O) groups is 1. The largest absolute Gasteiger partial charge is 0.295 e. The lowest BCUT2D eigenvalue weighted by Gasteiger charge is -1.95. The Hall–Kier alpha value is -1.22. The van der Waals surface area contributed by atoms with Crippen LogP contribution in [0, 0.1) is 20.8 Å². The van der Waals surface area contributed by atoms with E-state index in [1.54, 1.807) is 24.3 Å². The zero-order valence-corrected chi connectivity index (χ0v) is 10.7. The van der Waals surface area contributed by atoms with Crippen LogP contribution in [-0.2, 0) is 4.79 Å². The maximum Gasteiger partial charge on any atom is 0.178 e. The third-order valence-electron chi connectivity index (χ3n) is 2.60. The summed E-state index contributed by atoms with van der Waals surface area (Å²) in [6.07, 6.45) is 3.75. The van der Waals surface area contributed by atoms with E-state index in [1.165, 1.54) is 15.3 Å². The minimum absolute atomic E-state index is 0.234. The van der Waals surface area contributed by atoms with Crippen LogP contribution in [0.4, 0.5) is 4.39 Å². The number of rotatable bonds is 3.